The van der Waals surface area contributed by atoms with E-state index in [1.54, 1.807) is 13.2 Å². The van der Waals surface area contributed by atoms with Crippen LogP contribution >= 0.6 is 0 Å². The lowest BCUT2D eigenvalue weighted by Gasteiger charge is -2.18. The van der Waals surface area contributed by atoms with E-state index in [1.807, 2.05) is 49.4 Å². The maximum Gasteiger partial charge on any atom is 0.265 e. The zero-order chi connectivity index (χ0) is 17.5. The fourth-order valence-corrected chi connectivity index (χ4v) is 2.34. The molecule has 4 nitrogen and oxygen atoms in total. The van der Waals surface area contributed by atoms with E-state index in [4.69, 9.17) is 9.47 Å². The van der Waals surface area contributed by atoms with Crippen molar-refractivity contribution in [3.8, 4) is 11.5 Å². The number of carbonyl (C=O) groups is 1. The van der Waals surface area contributed by atoms with E-state index in [2.05, 4.69) is 19.2 Å². The second-order valence-corrected chi connectivity index (χ2v) is 5.96. The lowest BCUT2D eigenvalue weighted by Crippen LogP contribution is -2.32. The molecule has 0 fully saturated rings. The summed E-state index contributed by atoms with van der Waals surface area (Å²) in [4.78, 5) is 12.5. The molecule has 0 aliphatic rings. The average Bonchev–Trinajstić information content (AvgIpc) is 2.60. The lowest BCUT2D eigenvalue weighted by molar-refractivity contribution is -0.122. The number of rotatable bonds is 7. The van der Waals surface area contributed by atoms with Gasteiger partial charge in [-0.25, -0.2) is 0 Å². The molecule has 0 saturated heterocycles. The van der Waals surface area contributed by atoms with Crippen molar-refractivity contribution in [2.75, 3.05) is 12.4 Å². The van der Waals surface area contributed by atoms with Gasteiger partial charge in [0.25, 0.3) is 5.91 Å². The van der Waals surface area contributed by atoms with E-state index in [1.165, 1.54) is 5.56 Å². The van der Waals surface area contributed by atoms with Gasteiger partial charge in [0.2, 0.25) is 0 Å². The van der Waals surface area contributed by atoms with E-state index in [-0.39, 0.29) is 5.91 Å². The topological polar surface area (TPSA) is 47.6 Å². The van der Waals surface area contributed by atoms with Gasteiger partial charge in [0.15, 0.2) is 6.10 Å². The summed E-state index contributed by atoms with van der Waals surface area (Å²) in [5.74, 6) is 1.63. The second-order valence-electron chi connectivity index (χ2n) is 5.96. The van der Waals surface area contributed by atoms with Crippen molar-refractivity contribution in [1.82, 2.24) is 0 Å². The lowest BCUT2D eigenvalue weighted by atomic mass is 10.0. The molecule has 0 spiro atoms. The standard InChI is InChI=1S/C20H25NO3/c1-5-19(24-18-8-6-7-17(13-18)23-4)20(22)21-16-11-9-15(10-12-16)14(2)3/h6-14,19H,5H2,1-4H3,(H,21,22). The summed E-state index contributed by atoms with van der Waals surface area (Å²) < 4.78 is 11.0. The summed E-state index contributed by atoms with van der Waals surface area (Å²) in [5.41, 5.74) is 2.02. The fourth-order valence-electron chi connectivity index (χ4n) is 2.34. The van der Waals surface area contributed by atoms with Gasteiger partial charge in [-0.15, -0.1) is 0 Å². The smallest absolute Gasteiger partial charge is 0.265 e. The highest BCUT2D eigenvalue weighted by Crippen LogP contribution is 2.22. The molecule has 2 aromatic carbocycles. The van der Waals surface area contributed by atoms with E-state index >= 15 is 0 Å². The number of nitrogens with one attached hydrogen (secondary N) is 1. The minimum atomic E-state index is -0.554. The Morgan fingerprint density at radius 1 is 1.08 bits per heavy atom. The molecule has 1 N–H and O–H groups in total. The average molecular weight is 327 g/mol. The SMILES string of the molecule is CCC(Oc1cccc(OC)c1)C(=O)Nc1ccc(C(C)C)cc1. The van der Waals surface area contributed by atoms with Crippen molar-refractivity contribution in [3.05, 3.63) is 54.1 Å². The third kappa shape index (κ3) is 4.75. The molecule has 0 aliphatic carbocycles. The molecule has 4 heteroatoms. The van der Waals surface area contributed by atoms with Gasteiger partial charge in [-0.2, -0.15) is 0 Å². The number of anilines is 1. The predicted molar refractivity (Wildman–Crippen MR) is 96.9 cm³/mol. The molecule has 128 valence electrons. The number of amides is 1. The number of ether oxygens (including phenoxy) is 2. The molecule has 1 atom stereocenters. The number of hydrogen-bond donors (Lipinski definition) is 1. The van der Waals surface area contributed by atoms with Gasteiger partial charge in [-0.05, 0) is 42.2 Å². The van der Waals surface area contributed by atoms with E-state index < -0.39 is 6.10 Å². The summed E-state index contributed by atoms with van der Waals surface area (Å²) >= 11 is 0. The Labute approximate surface area is 143 Å². The highest BCUT2D eigenvalue weighted by Gasteiger charge is 2.18. The third-order valence-corrected chi connectivity index (χ3v) is 3.83. The van der Waals surface area contributed by atoms with Crippen molar-refractivity contribution in [2.24, 2.45) is 0 Å². The summed E-state index contributed by atoms with van der Waals surface area (Å²) in [5, 5.41) is 2.91. The van der Waals surface area contributed by atoms with Gasteiger partial charge in [-0.1, -0.05) is 39.0 Å². The van der Waals surface area contributed by atoms with E-state index in [0.29, 0.717) is 23.8 Å². The Balaban J connectivity index is 2.02. The first-order chi connectivity index (χ1) is 11.5. The van der Waals surface area contributed by atoms with E-state index in [0.717, 1.165) is 5.69 Å². The van der Waals surface area contributed by atoms with Gasteiger partial charge in [0, 0.05) is 11.8 Å². The molecule has 1 unspecified atom stereocenters. The number of hydrogen-bond acceptors (Lipinski definition) is 3. The highest BCUT2D eigenvalue weighted by atomic mass is 16.5. The van der Waals surface area contributed by atoms with Gasteiger partial charge in [0.05, 0.1) is 7.11 Å². The minimum absolute atomic E-state index is 0.155. The van der Waals surface area contributed by atoms with Crippen LogP contribution in [0.5, 0.6) is 11.5 Å². The number of methoxy groups -OCH3 is 1. The van der Waals surface area contributed by atoms with Crippen LogP contribution in [0.15, 0.2) is 48.5 Å². The van der Waals surface area contributed by atoms with Crippen molar-refractivity contribution in [1.29, 1.82) is 0 Å². The van der Waals surface area contributed by atoms with Gasteiger partial charge in [-0.3, -0.25) is 4.79 Å². The van der Waals surface area contributed by atoms with Crippen LogP contribution in [0.2, 0.25) is 0 Å². The molecule has 2 rings (SSSR count). The molecule has 24 heavy (non-hydrogen) atoms. The number of benzene rings is 2. The van der Waals surface area contributed by atoms with E-state index in [9.17, 15) is 4.79 Å². The van der Waals surface area contributed by atoms with Crippen molar-refractivity contribution in [2.45, 2.75) is 39.2 Å². The molecule has 0 aliphatic heterocycles. The van der Waals surface area contributed by atoms with Crippen LogP contribution in [0.4, 0.5) is 5.69 Å². The highest BCUT2D eigenvalue weighted by molar-refractivity contribution is 5.94. The molecule has 0 saturated carbocycles. The Morgan fingerprint density at radius 2 is 1.75 bits per heavy atom. The predicted octanol–water partition coefficient (Wildman–Crippen LogP) is 4.61. The van der Waals surface area contributed by atoms with Gasteiger partial charge in [0.1, 0.15) is 11.5 Å². The summed E-state index contributed by atoms with van der Waals surface area (Å²) in [6.45, 7) is 6.21. The summed E-state index contributed by atoms with van der Waals surface area (Å²) in [6.07, 6.45) is 0.0227. The molecule has 0 radical (unpaired) electrons. The molecule has 1 amide bonds. The molecule has 2 aromatic rings. The van der Waals surface area contributed by atoms with Crippen LogP contribution in [0, 0.1) is 0 Å². The Morgan fingerprint density at radius 3 is 2.33 bits per heavy atom. The minimum Gasteiger partial charge on any atom is -0.497 e. The summed E-state index contributed by atoms with van der Waals surface area (Å²) in [7, 11) is 1.60. The second kappa shape index (κ2) is 8.39. The first kappa shape index (κ1) is 17.9. The van der Waals surface area contributed by atoms with Crippen LogP contribution in [0.1, 0.15) is 38.7 Å². The zero-order valence-corrected chi connectivity index (χ0v) is 14.7. The van der Waals surface area contributed by atoms with Crippen LogP contribution in [-0.2, 0) is 4.79 Å². The molecule has 0 heterocycles. The van der Waals surface area contributed by atoms with Crippen LogP contribution in [-0.4, -0.2) is 19.1 Å². The van der Waals surface area contributed by atoms with Crippen LogP contribution in [0.3, 0.4) is 0 Å². The van der Waals surface area contributed by atoms with Crippen molar-refractivity contribution < 1.29 is 14.3 Å². The first-order valence-electron chi connectivity index (χ1n) is 8.25. The number of carbonyl (C=O) groups excluding carboxylic acids is 1. The molecular weight excluding hydrogens is 302 g/mol. The molecule has 0 aromatic heterocycles. The normalized spacial score (nSPS) is 11.9. The zero-order valence-electron chi connectivity index (χ0n) is 14.7. The Kier molecular flexibility index (Phi) is 6.24. The maximum atomic E-state index is 12.5. The fraction of sp³-hybridized carbons (Fsp3) is 0.350. The van der Waals surface area contributed by atoms with Gasteiger partial charge >= 0.3 is 0 Å². The van der Waals surface area contributed by atoms with Gasteiger partial charge < -0.3 is 14.8 Å². The summed E-state index contributed by atoms with van der Waals surface area (Å²) in [6, 6.07) is 15.2. The van der Waals surface area contributed by atoms with Crippen LogP contribution in [0.25, 0.3) is 0 Å². The molecule has 0 bridgehead atoms. The largest absolute Gasteiger partial charge is 0.497 e. The van der Waals surface area contributed by atoms with Crippen molar-refractivity contribution >= 4 is 11.6 Å². The third-order valence-electron chi connectivity index (χ3n) is 3.83. The quantitative estimate of drug-likeness (QED) is 0.807. The Hall–Kier alpha value is -2.49. The first-order valence-corrected chi connectivity index (χ1v) is 8.25. The van der Waals surface area contributed by atoms with Crippen LogP contribution < -0.4 is 14.8 Å². The Bertz CT molecular complexity index is 665. The van der Waals surface area contributed by atoms with Crippen molar-refractivity contribution in [3.63, 3.8) is 0 Å². The monoisotopic (exact) mass is 327 g/mol. The maximum absolute atomic E-state index is 12.5. The molecular formula is C20H25NO3.